The molecule has 2 rings (SSSR count). The molecule has 7 heteroatoms. The molecular weight excluding hydrogens is 316 g/mol. The van der Waals surface area contributed by atoms with Crippen LogP contribution in [0.5, 0.6) is 5.75 Å². The van der Waals surface area contributed by atoms with E-state index in [4.69, 9.17) is 4.74 Å². The molecule has 2 N–H and O–H groups in total. The SMILES string of the molecule is COc1cccc(S(C)(=O)=O)c1/C=C(\C)C1NNC(=O)CC1C. The highest BCUT2D eigenvalue weighted by Crippen LogP contribution is 2.30. The molecule has 0 aliphatic carbocycles. The number of hydrogen-bond donors (Lipinski definition) is 2. The average molecular weight is 338 g/mol. The zero-order valence-corrected chi connectivity index (χ0v) is 14.5. The lowest BCUT2D eigenvalue weighted by Crippen LogP contribution is -2.53. The van der Waals surface area contributed by atoms with Gasteiger partial charge in [-0.05, 0) is 31.1 Å². The summed E-state index contributed by atoms with van der Waals surface area (Å²) in [6.07, 6.45) is 3.41. The molecule has 0 spiro atoms. The van der Waals surface area contributed by atoms with Gasteiger partial charge in [-0.25, -0.2) is 13.8 Å². The molecule has 1 aliphatic heterocycles. The van der Waals surface area contributed by atoms with Crippen LogP contribution in [-0.4, -0.2) is 33.7 Å². The molecule has 126 valence electrons. The molecule has 0 saturated carbocycles. The highest BCUT2D eigenvalue weighted by atomic mass is 32.2. The molecular formula is C16H22N2O4S. The monoisotopic (exact) mass is 338 g/mol. The molecule has 0 bridgehead atoms. The Kier molecular flexibility index (Phi) is 5.11. The van der Waals surface area contributed by atoms with Gasteiger partial charge in [0.05, 0.1) is 18.0 Å². The summed E-state index contributed by atoms with van der Waals surface area (Å²) >= 11 is 0. The maximum atomic E-state index is 12.0. The number of hydrazine groups is 1. The number of benzene rings is 1. The first-order valence-corrected chi connectivity index (χ1v) is 9.22. The normalized spacial score (nSPS) is 22.6. The van der Waals surface area contributed by atoms with Crippen molar-refractivity contribution < 1.29 is 17.9 Å². The molecule has 6 nitrogen and oxygen atoms in total. The molecule has 0 radical (unpaired) electrons. The van der Waals surface area contributed by atoms with Gasteiger partial charge in [0.1, 0.15) is 5.75 Å². The maximum absolute atomic E-state index is 12.0. The molecule has 1 aromatic rings. The van der Waals surface area contributed by atoms with E-state index < -0.39 is 9.84 Å². The fourth-order valence-electron chi connectivity index (χ4n) is 2.81. The Morgan fingerprint density at radius 3 is 2.65 bits per heavy atom. The lowest BCUT2D eigenvalue weighted by atomic mass is 9.90. The number of carbonyl (C=O) groups excluding carboxylic acids is 1. The highest BCUT2D eigenvalue weighted by molar-refractivity contribution is 7.90. The van der Waals surface area contributed by atoms with E-state index in [-0.39, 0.29) is 22.8 Å². The van der Waals surface area contributed by atoms with Gasteiger partial charge in [0.25, 0.3) is 0 Å². The molecule has 2 unspecified atom stereocenters. The molecule has 1 saturated heterocycles. The molecule has 23 heavy (non-hydrogen) atoms. The first-order valence-electron chi connectivity index (χ1n) is 7.33. The topological polar surface area (TPSA) is 84.5 Å². The van der Waals surface area contributed by atoms with Crippen LogP contribution in [0, 0.1) is 5.92 Å². The summed E-state index contributed by atoms with van der Waals surface area (Å²) in [7, 11) is -1.87. The number of nitrogens with one attached hydrogen (secondary N) is 2. The van der Waals surface area contributed by atoms with Crippen molar-refractivity contribution in [3.05, 3.63) is 29.3 Å². The minimum absolute atomic E-state index is 0.0457. The standard InChI is InChI=1S/C16H22N2O4S/c1-10(16-11(2)9-15(19)17-18-16)8-12-13(22-3)6-5-7-14(12)23(4,20)21/h5-8,11,16,18H,9H2,1-4H3,(H,17,19)/b10-8+. The van der Waals surface area contributed by atoms with Crippen LogP contribution in [0.15, 0.2) is 28.7 Å². The zero-order chi connectivity index (χ0) is 17.2. The van der Waals surface area contributed by atoms with Crippen molar-refractivity contribution in [2.75, 3.05) is 13.4 Å². The molecule has 2 atom stereocenters. The smallest absolute Gasteiger partial charge is 0.234 e. The van der Waals surface area contributed by atoms with Crippen LogP contribution in [0.2, 0.25) is 0 Å². The molecule has 0 aromatic heterocycles. The number of rotatable bonds is 4. The van der Waals surface area contributed by atoms with Crippen molar-refractivity contribution >= 4 is 21.8 Å². The number of ether oxygens (including phenoxy) is 1. The van der Waals surface area contributed by atoms with Crippen molar-refractivity contribution in [1.29, 1.82) is 0 Å². The van der Waals surface area contributed by atoms with Gasteiger partial charge in [-0.3, -0.25) is 10.2 Å². The van der Waals surface area contributed by atoms with Gasteiger partial charge in [0.2, 0.25) is 5.91 Å². The third kappa shape index (κ3) is 3.92. The highest BCUT2D eigenvalue weighted by Gasteiger charge is 2.27. The number of amides is 1. The molecule has 1 fully saturated rings. The maximum Gasteiger partial charge on any atom is 0.234 e. The fourth-order valence-corrected chi connectivity index (χ4v) is 3.69. The zero-order valence-electron chi connectivity index (χ0n) is 13.7. The van der Waals surface area contributed by atoms with Gasteiger partial charge >= 0.3 is 0 Å². The minimum Gasteiger partial charge on any atom is -0.496 e. The second-order valence-electron chi connectivity index (χ2n) is 5.88. The lowest BCUT2D eigenvalue weighted by Gasteiger charge is -2.31. The number of methoxy groups -OCH3 is 1. The van der Waals surface area contributed by atoms with Gasteiger partial charge in [0.15, 0.2) is 9.84 Å². The van der Waals surface area contributed by atoms with Crippen LogP contribution in [0.1, 0.15) is 25.8 Å². The van der Waals surface area contributed by atoms with E-state index in [1.165, 1.54) is 13.4 Å². The van der Waals surface area contributed by atoms with E-state index >= 15 is 0 Å². The summed E-state index contributed by atoms with van der Waals surface area (Å²) in [4.78, 5) is 11.6. The van der Waals surface area contributed by atoms with Gasteiger partial charge in [0, 0.05) is 18.2 Å². The largest absolute Gasteiger partial charge is 0.496 e. The van der Waals surface area contributed by atoms with E-state index in [0.29, 0.717) is 17.7 Å². The van der Waals surface area contributed by atoms with Gasteiger partial charge < -0.3 is 4.74 Å². The molecule has 1 aromatic carbocycles. The van der Waals surface area contributed by atoms with Crippen LogP contribution < -0.4 is 15.6 Å². The number of hydrogen-bond acceptors (Lipinski definition) is 5. The van der Waals surface area contributed by atoms with Crippen molar-refractivity contribution in [1.82, 2.24) is 10.9 Å². The van der Waals surface area contributed by atoms with Crippen molar-refractivity contribution in [3.8, 4) is 5.75 Å². The Balaban J connectivity index is 2.47. The van der Waals surface area contributed by atoms with E-state index in [2.05, 4.69) is 10.9 Å². The van der Waals surface area contributed by atoms with E-state index in [9.17, 15) is 13.2 Å². The minimum atomic E-state index is -3.38. The summed E-state index contributed by atoms with van der Waals surface area (Å²) in [5.74, 6) is 0.562. The van der Waals surface area contributed by atoms with E-state index in [0.717, 1.165) is 5.57 Å². The van der Waals surface area contributed by atoms with Gasteiger partial charge in [-0.2, -0.15) is 0 Å². The average Bonchev–Trinajstić information content (AvgIpc) is 2.46. The fraction of sp³-hybridized carbons (Fsp3) is 0.438. The van der Waals surface area contributed by atoms with Crippen molar-refractivity contribution in [3.63, 3.8) is 0 Å². The van der Waals surface area contributed by atoms with Crippen LogP contribution >= 0.6 is 0 Å². The number of sulfone groups is 1. The Morgan fingerprint density at radius 1 is 1.39 bits per heavy atom. The van der Waals surface area contributed by atoms with Crippen molar-refractivity contribution in [2.24, 2.45) is 5.92 Å². The predicted octanol–water partition coefficient (Wildman–Crippen LogP) is 1.53. The summed E-state index contributed by atoms with van der Waals surface area (Å²) in [6.45, 7) is 3.89. The second kappa shape index (κ2) is 6.72. The Morgan fingerprint density at radius 2 is 2.09 bits per heavy atom. The van der Waals surface area contributed by atoms with Crippen LogP contribution in [0.25, 0.3) is 6.08 Å². The predicted molar refractivity (Wildman–Crippen MR) is 88.6 cm³/mol. The summed E-state index contributed by atoms with van der Waals surface area (Å²) in [5.41, 5.74) is 7.05. The third-order valence-electron chi connectivity index (χ3n) is 3.95. The Bertz CT molecular complexity index is 740. The summed E-state index contributed by atoms with van der Waals surface area (Å²) in [5, 5.41) is 0. The van der Waals surface area contributed by atoms with Gasteiger partial charge in [-0.15, -0.1) is 0 Å². The second-order valence-corrected chi connectivity index (χ2v) is 7.87. The van der Waals surface area contributed by atoms with Crippen LogP contribution in [-0.2, 0) is 14.6 Å². The Hall–Kier alpha value is -1.86. The van der Waals surface area contributed by atoms with E-state index in [1.807, 2.05) is 13.8 Å². The van der Waals surface area contributed by atoms with Crippen molar-refractivity contribution in [2.45, 2.75) is 31.2 Å². The molecule has 1 amide bonds. The summed E-state index contributed by atoms with van der Waals surface area (Å²) < 4.78 is 29.4. The summed E-state index contributed by atoms with van der Waals surface area (Å²) in [6, 6.07) is 4.89. The quantitative estimate of drug-likeness (QED) is 0.870. The first-order chi connectivity index (χ1) is 10.7. The van der Waals surface area contributed by atoms with Gasteiger partial charge in [-0.1, -0.05) is 18.6 Å². The Labute approximate surface area is 136 Å². The van der Waals surface area contributed by atoms with Crippen LogP contribution in [0.3, 0.4) is 0 Å². The molecule has 1 aliphatic rings. The van der Waals surface area contributed by atoms with E-state index in [1.54, 1.807) is 24.3 Å². The van der Waals surface area contributed by atoms with Crippen LogP contribution in [0.4, 0.5) is 0 Å². The first kappa shape index (κ1) is 17.5. The number of carbonyl (C=O) groups is 1. The lowest BCUT2D eigenvalue weighted by molar-refractivity contribution is -0.125. The third-order valence-corrected chi connectivity index (χ3v) is 5.11. The molecule has 1 heterocycles.